The average molecular weight is 401 g/mol. The van der Waals surface area contributed by atoms with Gasteiger partial charge < -0.3 is 14.8 Å². The van der Waals surface area contributed by atoms with Crippen molar-refractivity contribution >= 4 is 16.9 Å². The van der Waals surface area contributed by atoms with E-state index in [4.69, 9.17) is 9.47 Å². The van der Waals surface area contributed by atoms with Crippen LogP contribution in [0.25, 0.3) is 16.7 Å². The number of nitrogens with zero attached hydrogens (tertiary/aromatic N) is 2. The van der Waals surface area contributed by atoms with Crippen molar-refractivity contribution in [3.63, 3.8) is 0 Å². The summed E-state index contributed by atoms with van der Waals surface area (Å²) in [7, 11) is 3.22. The van der Waals surface area contributed by atoms with Gasteiger partial charge in [-0.25, -0.2) is 4.98 Å². The number of aromatic nitrogens is 2. The largest absolute Gasteiger partial charge is 0.493 e. The second kappa shape index (κ2) is 8.69. The summed E-state index contributed by atoms with van der Waals surface area (Å²) in [6.07, 6.45) is 2.47. The molecule has 0 saturated heterocycles. The Labute approximate surface area is 175 Å². The molecule has 1 aromatic heterocycles. The van der Waals surface area contributed by atoms with Gasteiger partial charge in [-0.1, -0.05) is 24.3 Å². The van der Waals surface area contributed by atoms with Gasteiger partial charge in [0.15, 0.2) is 11.5 Å². The molecule has 0 aliphatic heterocycles. The fraction of sp³-hybridized carbons (Fsp3) is 0.167. The Kier molecular flexibility index (Phi) is 5.66. The lowest BCUT2D eigenvalue weighted by Gasteiger charge is -2.10. The first-order valence-corrected chi connectivity index (χ1v) is 9.71. The Morgan fingerprint density at radius 2 is 1.77 bits per heavy atom. The second-order valence-corrected chi connectivity index (χ2v) is 6.85. The van der Waals surface area contributed by atoms with Crippen LogP contribution in [0.4, 0.5) is 0 Å². The second-order valence-electron chi connectivity index (χ2n) is 6.85. The summed E-state index contributed by atoms with van der Waals surface area (Å²) in [5.41, 5.74) is 4.43. The maximum Gasteiger partial charge on any atom is 0.251 e. The average Bonchev–Trinajstić information content (AvgIpc) is 3.22. The molecule has 0 spiro atoms. The van der Waals surface area contributed by atoms with Crippen molar-refractivity contribution in [1.29, 1.82) is 0 Å². The first kappa shape index (κ1) is 19.5. The first-order chi connectivity index (χ1) is 14.7. The molecule has 0 saturated carbocycles. The lowest BCUT2D eigenvalue weighted by molar-refractivity contribution is 0.0954. The third kappa shape index (κ3) is 3.98. The van der Waals surface area contributed by atoms with Gasteiger partial charge in [-0.3, -0.25) is 9.36 Å². The third-order valence-electron chi connectivity index (χ3n) is 4.99. The molecule has 4 aromatic rings. The van der Waals surface area contributed by atoms with E-state index < -0.39 is 0 Å². The van der Waals surface area contributed by atoms with Crippen LogP contribution in [0.2, 0.25) is 0 Å². The number of ether oxygens (including phenoxy) is 2. The molecule has 0 radical (unpaired) electrons. The Morgan fingerprint density at radius 3 is 2.53 bits per heavy atom. The predicted octanol–water partition coefficient (Wildman–Crippen LogP) is 4.02. The van der Waals surface area contributed by atoms with Crippen LogP contribution in [0, 0.1) is 0 Å². The van der Waals surface area contributed by atoms with Crippen molar-refractivity contribution < 1.29 is 14.3 Å². The van der Waals surface area contributed by atoms with Crippen LogP contribution in [0.5, 0.6) is 11.5 Å². The van der Waals surface area contributed by atoms with Crippen LogP contribution < -0.4 is 14.8 Å². The molecular formula is C24H23N3O3. The van der Waals surface area contributed by atoms with Crippen LogP contribution in [0.3, 0.4) is 0 Å². The molecule has 0 unspecified atom stereocenters. The molecule has 3 aromatic carbocycles. The summed E-state index contributed by atoms with van der Waals surface area (Å²) in [6.45, 7) is 0.519. The number of fused-ring (bicyclic) bond motifs is 1. The standard InChI is InChI=1S/C24H23N3O3/c1-29-22-11-8-17(14-23(22)30-2)12-13-25-24(28)18-9-10-21-20(15-18)26-16-27(21)19-6-4-3-5-7-19/h3-11,14-16H,12-13H2,1-2H3,(H,25,28). The molecule has 6 nitrogen and oxygen atoms in total. The molecule has 0 atom stereocenters. The van der Waals surface area contributed by atoms with Crippen LogP contribution >= 0.6 is 0 Å². The van der Waals surface area contributed by atoms with E-state index in [9.17, 15) is 4.79 Å². The Hall–Kier alpha value is -3.80. The maximum atomic E-state index is 12.6. The molecule has 1 heterocycles. The fourth-order valence-corrected chi connectivity index (χ4v) is 3.41. The van der Waals surface area contributed by atoms with E-state index in [1.807, 2.05) is 71.3 Å². The smallest absolute Gasteiger partial charge is 0.251 e. The Morgan fingerprint density at radius 1 is 0.967 bits per heavy atom. The van der Waals surface area contributed by atoms with Crippen molar-refractivity contribution in [3.05, 3.63) is 84.2 Å². The van der Waals surface area contributed by atoms with Crippen LogP contribution in [0.15, 0.2) is 73.1 Å². The summed E-state index contributed by atoms with van der Waals surface area (Å²) in [5, 5.41) is 2.97. The summed E-state index contributed by atoms with van der Waals surface area (Å²) in [4.78, 5) is 17.0. The highest BCUT2D eigenvalue weighted by molar-refractivity contribution is 5.97. The zero-order chi connectivity index (χ0) is 20.9. The molecule has 1 amide bonds. The summed E-state index contributed by atoms with van der Waals surface area (Å²) in [6, 6.07) is 21.3. The highest BCUT2D eigenvalue weighted by atomic mass is 16.5. The molecule has 0 fully saturated rings. The van der Waals surface area contributed by atoms with Crippen molar-refractivity contribution in [1.82, 2.24) is 14.9 Å². The number of nitrogens with one attached hydrogen (secondary N) is 1. The van der Waals surface area contributed by atoms with E-state index in [1.165, 1.54) is 0 Å². The van der Waals surface area contributed by atoms with E-state index in [1.54, 1.807) is 20.5 Å². The van der Waals surface area contributed by atoms with Crippen LogP contribution in [-0.4, -0.2) is 36.2 Å². The van der Waals surface area contributed by atoms with E-state index >= 15 is 0 Å². The molecule has 0 aliphatic carbocycles. The summed E-state index contributed by atoms with van der Waals surface area (Å²) < 4.78 is 12.6. The van der Waals surface area contributed by atoms with Gasteiger partial charge in [0, 0.05) is 17.8 Å². The number of hydrogen-bond acceptors (Lipinski definition) is 4. The summed E-state index contributed by atoms with van der Waals surface area (Å²) >= 11 is 0. The zero-order valence-electron chi connectivity index (χ0n) is 17.0. The van der Waals surface area contributed by atoms with Crippen molar-refractivity contribution in [3.8, 4) is 17.2 Å². The zero-order valence-corrected chi connectivity index (χ0v) is 17.0. The Balaban J connectivity index is 1.43. The Bertz CT molecular complexity index is 1170. The van der Waals surface area contributed by atoms with Gasteiger partial charge in [0.25, 0.3) is 5.91 Å². The number of rotatable bonds is 7. The van der Waals surface area contributed by atoms with Crippen molar-refractivity contribution in [2.75, 3.05) is 20.8 Å². The minimum Gasteiger partial charge on any atom is -0.493 e. The van der Waals surface area contributed by atoms with Gasteiger partial charge in [-0.15, -0.1) is 0 Å². The van der Waals surface area contributed by atoms with Crippen LogP contribution in [0.1, 0.15) is 15.9 Å². The monoisotopic (exact) mass is 401 g/mol. The molecule has 0 bridgehead atoms. The quantitative estimate of drug-likeness (QED) is 0.508. The molecule has 152 valence electrons. The number of benzene rings is 3. The molecular weight excluding hydrogens is 378 g/mol. The normalized spacial score (nSPS) is 10.7. The number of imidazole rings is 1. The molecule has 30 heavy (non-hydrogen) atoms. The highest BCUT2D eigenvalue weighted by Crippen LogP contribution is 2.27. The molecule has 0 aliphatic rings. The lowest BCUT2D eigenvalue weighted by atomic mass is 10.1. The summed E-state index contributed by atoms with van der Waals surface area (Å²) in [5.74, 6) is 1.25. The first-order valence-electron chi connectivity index (χ1n) is 9.71. The number of methoxy groups -OCH3 is 2. The van der Waals surface area contributed by atoms with E-state index in [-0.39, 0.29) is 5.91 Å². The molecule has 4 rings (SSSR count). The van der Waals surface area contributed by atoms with E-state index in [2.05, 4.69) is 10.3 Å². The maximum absolute atomic E-state index is 12.6. The van der Waals surface area contributed by atoms with Crippen molar-refractivity contribution in [2.24, 2.45) is 0 Å². The highest BCUT2D eigenvalue weighted by Gasteiger charge is 2.10. The van der Waals surface area contributed by atoms with Gasteiger partial charge >= 0.3 is 0 Å². The van der Waals surface area contributed by atoms with Gasteiger partial charge in [-0.05, 0) is 54.4 Å². The van der Waals surface area contributed by atoms with Gasteiger partial charge in [0.05, 0.1) is 25.3 Å². The molecule has 6 heteroatoms. The van der Waals surface area contributed by atoms with Gasteiger partial charge in [0.2, 0.25) is 0 Å². The number of amides is 1. The number of carbonyl (C=O) groups is 1. The number of hydrogen-bond donors (Lipinski definition) is 1. The topological polar surface area (TPSA) is 65.4 Å². The van der Waals surface area contributed by atoms with Crippen LogP contribution in [-0.2, 0) is 6.42 Å². The van der Waals surface area contributed by atoms with Gasteiger partial charge in [-0.2, -0.15) is 0 Å². The number of para-hydroxylation sites is 1. The van der Waals surface area contributed by atoms with Gasteiger partial charge in [0.1, 0.15) is 6.33 Å². The van der Waals surface area contributed by atoms with E-state index in [0.717, 1.165) is 22.3 Å². The minimum absolute atomic E-state index is 0.119. The minimum atomic E-state index is -0.119. The predicted molar refractivity (Wildman–Crippen MR) is 117 cm³/mol. The fourth-order valence-electron chi connectivity index (χ4n) is 3.41. The number of carbonyl (C=O) groups excluding carboxylic acids is 1. The molecule has 1 N–H and O–H groups in total. The van der Waals surface area contributed by atoms with E-state index in [0.29, 0.717) is 30.0 Å². The lowest BCUT2D eigenvalue weighted by Crippen LogP contribution is -2.25. The SMILES string of the molecule is COc1ccc(CCNC(=O)c2ccc3c(c2)ncn3-c2ccccc2)cc1OC. The third-order valence-corrected chi connectivity index (χ3v) is 4.99. The van der Waals surface area contributed by atoms with Crippen molar-refractivity contribution in [2.45, 2.75) is 6.42 Å².